The zero-order valence-electron chi connectivity index (χ0n) is 20.4. The highest BCUT2D eigenvalue weighted by atomic mass is 32.2. The number of anilines is 1. The van der Waals surface area contributed by atoms with Gasteiger partial charge in [-0.25, -0.2) is 8.42 Å². The maximum absolute atomic E-state index is 13.9. The van der Waals surface area contributed by atoms with E-state index in [1.807, 2.05) is 24.3 Å². The number of sulfonamides is 1. The molecule has 190 valence electrons. The van der Waals surface area contributed by atoms with Crippen LogP contribution in [0.2, 0.25) is 0 Å². The Morgan fingerprint density at radius 3 is 2.47 bits per heavy atom. The molecule has 4 heterocycles. The summed E-state index contributed by atoms with van der Waals surface area (Å²) in [5, 5.41) is 1.09. The molecule has 1 atom stereocenters. The van der Waals surface area contributed by atoms with E-state index in [4.69, 9.17) is 4.74 Å². The standard InChI is InChI=1S/C27H32N4O4S/c32-27(30-14-16-35-17-15-30)26-8-5-13-31(26)36(33,34)21-9-10-25(29-11-3-4-12-29)22(19-21)24-18-20-6-1-2-7-23(20)28-24/h1-2,6-7,9-10,18-19,26,28H,3-5,8,11-17H2/t26-/m1/s1. The number of nitrogens with zero attached hydrogens (tertiary/aromatic N) is 3. The van der Waals surface area contributed by atoms with Crippen LogP contribution in [0.3, 0.4) is 0 Å². The largest absolute Gasteiger partial charge is 0.378 e. The molecule has 36 heavy (non-hydrogen) atoms. The smallest absolute Gasteiger partial charge is 0.243 e. The monoisotopic (exact) mass is 508 g/mol. The van der Waals surface area contributed by atoms with Gasteiger partial charge in [0.2, 0.25) is 15.9 Å². The number of morpholine rings is 1. The molecule has 3 aliphatic heterocycles. The molecular formula is C27H32N4O4S. The minimum atomic E-state index is -3.85. The van der Waals surface area contributed by atoms with E-state index < -0.39 is 16.1 Å². The Morgan fingerprint density at radius 2 is 1.69 bits per heavy atom. The first-order chi connectivity index (χ1) is 17.5. The first-order valence-corrected chi connectivity index (χ1v) is 14.3. The summed E-state index contributed by atoms with van der Waals surface area (Å²) in [4.78, 5) is 21.1. The predicted octanol–water partition coefficient (Wildman–Crippen LogP) is 3.45. The number of hydrogen-bond acceptors (Lipinski definition) is 5. The molecule has 9 heteroatoms. The number of carbonyl (C=O) groups excluding carboxylic acids is 1. The highest BCUT2D eigenvalue weighted by molar-refractivity contribution is 7.89. The molecule has 1 N–H and O–H groups in total. The van der Waals surface area contributed by atoms with Gasteiger partial charge >= 0.3 is 0 Å². The minimum Gasteiger partial charge on any atom is -0.378 e. The van der Waals surface area contributed by atoms with Gasteiger partial charge in [-0.1, -0.05) is 18.2 Å². The third kappa shape index (κ3) is 4.19. The summed E-state index contributed by atoms with van der Waals surface area (Å²) < 4.78 is 34.6. The van der Waals surface area contributed by atoms with Crippen molar-refractivity contribution in [3.63, 3.8) is 0 Å². The lowest BCUT2D eigenvalue weighted by Gasteiger charge is -2.32. The second-order valence-electron chi connectivity index (χ2n) is 9.85. The third-order valence-corrected chi connectivity index (χ3v) is 9.56. The zero-order valence-corrected chi connectivity index (χ0v) is 21.2. The van der Waals surface area contributed by atoms with Crippen molar-refractivity contribution in [2.75, 3.05) is 50.8 Å². The van der Waals surface area contributed by atoms with Crippen LogP contribution < -0.4 is 4.90 Å². The van der Waals surface area contributed by atoms with Gasteiger partial charge in [-0.15, -0.1) is 0 Å². The molecule has 3 fully saturated rings. The van der Waals surface area contributed by atoms with E-state index in [2.05, 4.69) is 22.0 Å². The average molecular weight is 509 g/mol. The summed E-state index contributed by atoms with van der Waals surface area (Å²) in [7, 11) is -3.85. The Morgan fingerprint density at radius 1 is 0.917 bits per heavy atom. The third-order valence-electron chi connectivity index (χ3n) is 7.65. The number of benzene rings is 2. The average Bonchev–Trinajstić information content (AvgIpc) is 3.69. The van der Waals surface area contributed by atoms with Gasteiger partial charge in [0.25, 0.3) is 0 Å². The topological polar surface area (TPSA) is 86.0 Å². The number of ether oxygens (including phenoxy) is 1. The molecule has 8 nitrogen and oxygen atoms in total. The molecule has 0 saturated carbocycles. The number of aromatic amines is 1. The highest BCUT2D eigenvalue weighted by Gasteiger charge is 2.41. The van der Waals surface area contributed by atoms with Crippen molar-refractivity contribution in [2.45, 2.75) is 36.6 Å². The Labute approximate surface area is 211 Å². The van der Waals surface area contributed by atoms with Crippen LogP contribution in [0.5, 0.6) is 0 Å². The van der Waals surface area contributed by atoms with Gasteiger partial charge < -0.3 is 19.5 Å². The Hall–Kier alpha value is -2.88. The van der Waals surface area contributed by atoms with E-state index in [0.717, 1.165) is 53.8 Å². The van der Waals surface area contributed by atoms with Gasteiger partial charge in [-0.3, -0.25) is 4.79 Å². The molecular weight excluding hydrogens is 476 g/mol. The molecule has 3 aromatic rings. The maximum Gasteiger partial charge on any atom is 0.243 e. The molecule has 3 aliphatic rings. The fourth-order valence-electron chi connectivity index (χ4n) is 5.75. The second-order valence-corrected chi connectivity index (χ2v) is 11.7. The number of para-hydroxylation sites is 1. The predicted molar refractivity (Wildman–Crippen MR) is 139 cm³/mol. The number of aromatic nitrogens is 1. The molecule has 0 spiro atoms. The summed E-state index contributed by atoms with van der Waals surface area (Å²) in [5.74, 6) is -0.107. The number of carbonyl (C=O) groups is 1. The number of rotatable bonds is 5. The SMILES string of the molecule is O=C([C@H]1CCCN1S(=O)(=O)c1ccc(N2CCCC2)c(-c2cc3ccccc3[nH]2)c1)N1CCOCC1. The van der Waals surface area contributed by atoms with Crippen molar-refractivity contribution in [1.29, 1.82) is 0 Å². The summed E-state index contributed by atoms with van der Waals surface area (Å²) >= 11 is 0. The fraction of sp³-hybridized carbons (Fsp3) is 0.444. The lowest BCUT2D eigenvalue weighted by Crippen LogP contribution is -2.50. The minimum absolute atomic E-state index is 0.107. The maximum atomic E-state index is 13.9. The van der Waals surface area contributed by atoms with E-state index >= 15 is 0 Å². The first-order valence-electron chi connectivity index (χ1n) is 12.9. The molecule has 0 aliphatic carbocycles. The number of amides is 1. The molecule has 0 radical (unpaired) electrons. The van der Waals surface area contributed by atoms with E-state index in [1.54, 1.807) is 17.0 Å². The van der Waals surface area contributed by atoms with Crippen molar-refractivity contribution in [1.82, 2.24) is 14.2 Å². The van der Waals surface area contributed by atoms with Gasteiger partial charge in [0, 0.05) is 60.6 Å². The van der Waals surface area contributed by atoms with Crippen molar-refractivity contribution in [2.24, 2.45) is 0 Å². The van der Waals surface area contributed by atoms with Crippen molar-refractivity contribution < 1.29 is 17.9 Å². The molecule has 0 unspecified atom stereocenters. The lowest BCUT2D eigenvalue weighted by molar-refractivity contribution is -0.138. The van der Waals surface area contributed by atoms with Crippen LogP contribution in [-0.4, -0.2) is 80.5 Å². The summed E-state index contributed by atoms with van der Waals surface area (Å²) in [6.45, 7) is 4.30. The van der Waals surface area contributed by atoms with Crippen molar-refractivity contribution in [3.8, 4) is 11.3 Å². The van der Waals surface area contributed by atoms with Crippen molar-refractivity contribution >= 4 is 32.5 Å². The van der Waals surface area contributed by atoms with Crippen LogP contribution in [0.15, 0.2) is 53.4 Å². The van der Waals surface area contributed by atoms with E-state index in [0.29, 0.717) is 45.7 Å². The fourth-order valence-corrected chi connectivity index (χ4v) is 7.43. The van der Waals surface area contributed by atoms with Crippen LogP contribution >= 0.6 is 0 Å². The van der Waals surface area contributed by atoms with Crippen LogP contribution in [-0.2, 0) is 19.6 Å². The summed E-state index contributed by atoms with van der Waals surface area (Å²) in [5.41, 5.74) is 3.84. The van der Waals surface area contributed by atoms with Crippen LogP contribution in [0.25, 0.3) is 22.2 Å². The van der Waals surface area contributed by atoms with E-state index in [9.17, 15) is 13.2 Å². The Kier molecular flexibility index (Phi) is 6.23. The normalized spacial score (nSPS) is 21.5. The lowest BCUT2D eigenvalue weighted by atomic mass is 10.1. The van der Waals surface area contributed by atoms with E-state index in [-0.39, 0.29) is 10.8 Å². The van der Waals surface area contributed by atoms with Crippen LogP contribution in [0, 0.1) is 0 Å². The second kappa shape index (κ2) is 9.53. The Bertz CT molecular complexity index is 1340. The molecule has 6 rings (SSSR count). The number of hydrogen-bond donors (Lipinski definition) is 1. The van der Waals surface area contributed by atoms with Gasteiger partial charge in [0.05, 0.1) is 18.1 Å². The zero-order chi connectivity index (χ0) is 24.7. The van der Waals surface area contributed by atoms with Gasteiger partial charge in [-0.2, -0.15) is 4.31 Å². The molecule has 2 aromatic carbocycles. The number of H-pyrrole nitrogens is 1. The Balaban J connectivity index is 1.38. The molecule has 3 saturated heterocycles. The van der Waals surface area contributed by atoms with E-state index in [1.165, 1.54) is 4.31 Å². The van der Waals surface area contributed by atoms with Gasteiger partial charge in [0.1, 0.15) is 6.04 Å². The molecule has 0 bridgehead atoms. The quantitative estimate of drug-likeness (QED) is 0.571. The molecule has 1 aromatic heterocycles. The summed E-state index contributed by atoms with van der Waals surface area (Å²) in [6.07, 6.45) is 3.49. The summed E-state index contributed by atoms with van der Waals surface area (Å²) in [6, 6.07) is 15.0. The van der Waals surface area contributed by atoms with Gasteiger partial charge in [0.15, 0.2) is 0 Å². The van der Waals surface area contributed by atoms with Crippen LogP contribution in [0.4, 0.5) is 5.69 Å². The number of nitrogens with one attached hydrogen (secondary N) is 1. The highest BCUT2D eigenvalue weighted by Crippen LogP contribution is 2.37. The van der Waals surface area contributed by atoms with Crippen molar-refractivity contribution in [3.05, 3.63) is 48.5 Å². The first kappa shape index (κ1) is 23.5. The van der Waals surface area contributed by atoms with Gasteiger partial charge in [-0.05, 0) is 56.0 Å². The van der Waals surface area contributed by atoms with Crippen LogP contribution in [0.1, 0.15) is 25.7 Å². The number of fused-ring (bicyclic) bond motifs is 1. The molecule has 1 amide bonds.